The van der Waals surface area contributed by atoms with Gasteiger partial charge >= 0.3 is 0 Å². The summed E-state index contributed by atoms with van der Waals surface area (Å²) in [6.45, 7) is 4.45. The minimum atomic E-state index is 0.615. The topological polar surface area (TPSA) is 4.93 Å². The lowest BCUT2D eigenvalue weighted by atomic mass is 10.0. The Morgan fingerprint density at radius 3 is 2.46 bits per heavy atom. The molecule has 1 aromatic carbocycles. The van der Waals surface area contributed by atoms with Crippen LogP contribution in [-0.4, -0.2) is 4.57 Å². The zero-order valence-electron chi connectivity index (χ0n) is 8.41. The Bertz CT molecular complexity index is 424. The Balaban J connectivity index is 2.61. The largest absolute Gasteiger partial charge is 0.356 e. The number of benzene rings is 1. The van der Waals surface area contributed by atoms with E-state index in [2.05, 4.69) is 56.1 Å². The van der Waals surface area contributed by atoms with Crippen LogP contribution in [-0.2, 0) is 7.05 Å². The Kier molecular flexibility index (Phi) is 1.87. The van der Waals surface area contributed by atoms with Gasteiger partial charge in [-0.15, -0.1) is 0 Å². The molecule has 0 saturated heterocycles. The van der Waals surface area contributed by atoms with Crippen molar-refractivity contribution in [3.63, 3.8) is 0 Å². The first-order chi connectivity index (χ1) is 6.16. The van der Waals surface area contributed by atoms with Crippen LogP contribution < -0.4 is 0 Å². The first-order valence-electron chi connectivity index (χ1n) is 4.72. The van der Waals surface area contributed by atoms with Gasteiger partial charge in [-0.05, 0) is 28.3 Å². The molecule has 68 valence electrons. The van der Waals surface area contributed by atoms with Crippen LogP contribution >= 0.6 is 0 Å². The molecule has 0 aliphatic rings. The summed E-state index contributed by atoms with van der Waals surface area (Å²) in [5.41, 5.74) is 1.42. The van der Waals surface area contributed by atoms with E-state index in [0.717, 1.165) is 0 Å². The van der Waals surface area contributed by atoms with Crippen molar-refractivity contribution < 1.29 is 0 Å². The smallest absolute Gasteiger partial charge is 0.0111 e. The van der Waals surface area contributed by atoms with Crippen LogP contribution in [0.3, 0.4) is 0 Å². The predicted molar refractivity (Wildman–Crippen MR) is 57.0 cm³/mol. The minimum Gasteiger partial charge on any atom is -0.356 e. The zero-order chi connectivity index (χ0) is 9.42. The van der Waals surface area contributed by atoms with Crippen LogP contribution in [0, 0.1) is 0 Å². The molecule has 0 saturated carbocycles. The number of fused-ring (bicyclic) bond motifs is 1. The van der Waals surface area contributed by atoms with Crippen LogP contribution in [0.1, 0.15) is 25.3 Å². The highest BCUT2D eigenvalue weighted by molar-refractivity contribution is 5.83. The van der Waals surface area contributed by atoms with Gasteiger partial charge in [-0.2, -0.15) is 0 Å². The maximum absolute atomic E-state index is 2.28. The van der Waals surface area contributed by atoms with Gasteiger partial charge in [0.15, 0.2) is 0 Å². The zero-order valence-corrected chi connectivity index (χ0v) is 8.41. The van der Waals surface area contributed by atoms with E-state index in [1.54, 1.807) is 0 Å². The van der Waals surface area contributed by atoms with Gasteiger partial charge in [0.25, 0.3) is 0 Å². The van der Waals surface area contributed by atoms with E-state index in [0.29, 0.717) is 5.92 Å². The molecule has 1 heterocycles. The quantitative estimate of drug-likeness (QED) is 0.623. The van der Waals surface area contributed by atoms with Gasteiger partial charge in [0.05, 0.1) is 0 Å². The molecule has 1 heteroatoms. The summed E-state index contributed by atoms with van der Waals surface area (Å²) in [6.07, 6.45) is 4.32. The molecule has 0 fully saturated rings. The second-order valence-corrected chi connectivity index (χ2v) is 3.97. The highest BCUT2D eigenvalue weighted by Gasteiger charge is 2.01. The average molecular weight is 173 g/mol. The number of aryl methyl sites for hydroxylation is 1. The number of hydrogen-bond acceptors (Lipinski definition) is 0. The van der Waals surface area contributed by atoms with Gasteiger partial charge in [-0.25, -0.2) is 0 Å². The van der Waals surface area contributed by atoms with Crippen molar-refractivity contribution in [2.24, 2.45) is 7.05 Å². The van der Waals surface area contributed by atoms with Crippen LogP contribution in [0.15, 0.2) is 30.6 Å². The van der Waals surface area contributed by atoms with E-state index < -0.39 is 0 Å². The molecule has 0 N–H and O–H groups in total. The molecule has 0 atom stereocenters. The van der Waals surface area contributed by atoms with Crippen molar-refractivity contribution in [1.29, 1.82) is 0 Å². The number of rotatable bonds is 1. The normalized spacial score (nSPS) is 11.4. The van der Waals surface area contributed by atoms with Gasteiger partial charge in [0.1, 0.15) is 0 Å². The van der Waals surface area contributed by atoms with Crippen LogP contribution in [0.4, 0.5) is 0 Å². The van der Waals surface area contributed by atoms with Gasteiger partial charge < -0.3 is 4.57 Å². The van der Waals surface area contributed by atoms with E-state index in [1.165, 1.54) is 16.3 Å². The molecule has 0 amide bonds. The highest BCUT2D eigenvalue weighted by atomic mass is 14.9. The van der Waals surface area contributed by atoms with E-state index in [-0.39, 0.29) is 0 Å². The minimum absolute atomic E-state index is 0.615. The average Bonchev–Trinajstić information content (AvgIpc) is 2.42. The molecule has 0 bridgehead atoms. The molecule has 0 spiro atoms. The molecule has 1 nitrogen and oxygen atoms in total. The second kappa shape index (κ2) is 2.91. The highest BCUT2D eigenvalue weighted by Crippen LogP contribution is 2.21. The van der Waals surface area contributed by atoms with Gasteiger partial charge in [-0.3, -0.25) is 0 Å². The molecule has 2 aromatic rings. The first-order valence-corrected chi connectivity index (χ1v) is 4.72. The fraction of sp³-hybridized carbons (Fsp3) is 0.333. The molecule has 2 rings (SSSR count). The van der Waals surface area contributed by atoms with Crippen molar-refractivity contribution in [3.8, 4) is 0 Å². The molecule has 0 aliphatic carbocycles. The summed E-state index contributed by atoms with van der Waals surface area (Å²) in [5, 5.41) is 2.67. The Hall–Kier alpha value is -1.24. The molecule has 13 heavy (non-hydrogen) atoms. The number of aromatic nitrogens is 1. The third-order valence-corrected chi connectivity index (χ3v) is 2.46. The van der Waals surface area contributed by atoms with Crippen molar-refractivity contribution in [2.75, 3.05) is 0 Å². The lowest BCUT2D eigenvalue weighted by Gasteiger charge is -2.03. The standard InChI is InChI=1S/C12H15N/c1-9(2)10-4-5-11-7-13(3)8-12(11)6-10/h4-9H,1-3H3. The summed E-state index contributed by atoms with van der Waals surface area (Å²) in [6, 6.07) is 6.69. The monoisotopic (exact) mass is 173 g/mol. The van der Waals surface area contributed by atoms with E-state index in [1.807, 2.05) is 0 Å². The summed E-state index contributed by atoms with van der Waals surface area (Å²) in [5.74, 6) is 0.615. The lowest BCUT2D eigenvalue weighted by Crippen LogP contribution is -1.84. The second-order valence-electron chi connectivity index (χ2n) is 3.97. The van der Waals surface area contributed by atoms with E-state index in [4.69, 9.17) is 0 Å². The van der Waals surface area contributed by atoms with Crippen LogP contribution in [0.5, 0.6) is 0 Å². The summed E-state index contributed by atoms with van der Waals surface area (Å²) in [7, 11) is 2.06. The van der Waals surface area contributed by atoms with Crippen molar-refractivity contribution in [3.05, 3.63) is 36.2 Å². The summed E-state index contributed by atoms with van der Waals surface area (Å²) < 4.78 is 2.11. The Morgan fingerprint density at radius 2 is 1.77 bits per heavy atom. The maximum Gasteiger partial charge on any atom is 0.0111 e. The molecule has 0 radical (unpaired) electrons. The van der Waals surface area contributed by atoms with E-state index in [9.17, 15) is 0 Å². The fourth-order valence-electron chi connectivity index (χ4n) is 1.66. The van der Waals surface area contributed by atoms with Crippen LogP contribution in [0.25, 0.3) is 10.8 Å². The fourth-order valence-corrected chi connectivity index (χ4v) is 1.66. The number of hydrogen-bond donors (Lipinski definition) is 0. The number of nitrogens with zero attached hydrogens (tertiary/aromatic N) is 1. The molecular weight excluding hydrogens is 158 g/mol. The van der Waals surface area contributed by atoms with Crippen molar-refractivity contribution >= 4 is 10.8 Å². The maximum atomic E-state index is 2.28. The summed E-state index contributed by atoms with van der Waals surface area (Å²) in [4.78, 5) is 0. The summed E-state index contributed by atoms with van der Waals surface area (Å²) >= 11 is 0. The molecule has 0 aliphatic heterocycles. The molecule has 1 aromatic heterocycles. The molecular formula is C12H15N. The first kappa shape index (κ1) is 8.36. The Labute approximate surface area is 79.0 Å². The van der Waals surface area contributed by atoms with Crippen LogP contribution in [0.2, 0.25) is 0 Å². The lowest BCUT2D eigenvalue weighted by molar-refractivity contribution is 0.869. The van der Waals surface area contributed by atoms with Gasteiger partial charge in [0.2, 0.25) is 0 Å². The van der Waals surface area contributed by atoms with E-state index >= 15 is 0 Å². The van der Waals surface area contributed by atoms with Gasteiger partial charge in [0, 0.05) is 19.4 Å². The third-order valence-electron chi connectivity index (χ3n) is 2.46. The van der Waals surface area contributed by atoms with Crippen molar-refractivity contribution in [1.82, 2.24) is 4.57 Å². The SMILES string of the molecule is CC(C)c1ccc2cn(C)cc2c1. The predicted octanol–water partition coefficient (Wildman–Crippen LogP) is 3.30. The van der Waals surface area contributed by atoms with Crippen molar-refractivity contribution in [2.45, 2.75) is 19.8 Å². The molecule has 0 unspecified atom stereocenters. The third kappa shape index (κ3) is 1.46. The van der Waals surface area contributed by atoms with Gasteiger partial charge in [-0.1, -0.05) is 26.0 Å². The Morgan fingerprint density at radius 1 is 1.08 bits per heavy atom.